The van der Waals surface area contributed by atoms with E-state index in [0.29, 0.717) is 6.54 Å². The molecule has 5 unspecified atom stereocenters. The molecule has 0 aromatic rings. The minimum absolute atomic E-state index is 0.0810. The van der Waals surface area contributed by atoms with Gasteiger partial charge in [0.05, 0.1) is 12.6 Å². The molecule has 8 heteroatoms. The Bertz CT molecular complexity index is 645. The Balaban J connectivity index is 0.000000351. The van der Waals surface area contributed by atoms with Crippen molar-refractivity contribution in [2.24, 2.45) is 11.8 Å². The van der Waals surface area contributed by atoms with Gasteiger partial charge in [-0.1, -0.05) is 26.7 Å². The first kappa shape index (κ1) is 31.2. The van der Waals surface area contributed by atoms with E-state index in [2.05, 4.69) is 34.3 Å². The Morgan fingerprint density at radius 3 is 1.97 bits per heavy atom. The highest BCUT2D eigenvalue weighted by Crippen LogP contribution is 2.17. The van der Waals surface area contributed by atoms with Gasteiger partial charge in [0, 0.05) is 37.0 Å². The van der Waals surface area contributed by atoms with Crippen molar-refractivity contribution < 1.29 is 19.2 Å². The monoisotopic (exact) mass is 494 g/mol. The Hall–Kier alpha value is -1.80. The van der Waals surface area contributed by atoms with Gasteiger partial charge in [0.2, 0.25) is 11.8 Å². The Labute approximate surface area is 212 Å². The van der Waals surface area contributed by atoms with Crippen molar-refractivity contribution in [2.45, 2.75) is 104 Å². The zero-order valence-corrected chi connectivity index (χ0v) is 22.8. The number of hydrogen-bond donors (Lipinski definition) is 2. The van der Waals surface area contributed by atoms with Crippen molar-refractivity contribution in [1.82, 2.24) is 20.4 Å². The molecule has 2 N–H and O–H groups in total. The lowest BCUT2D eigenvalue weighted by Crippen LogP contribution is -2.50. The van der Waals surface area contributed by atoms with Gasteiger partial charge >= 0.3 is 0 Å². The minimum Gasteiger partial charge on any atom is -0.353 e. The summed E-state index contributed by atoms with van der Waals surface area (Å²) in [5, 5.41) is 6.03. The number of likely N-dealkylation sites (tertiary alicyclic amines) is 2. The largest absolute Gasteiger partial charge is 0.353 e. The fourth-order valence-electron chi connectivity index (χ4n) is 4.91. The van der Waals surface area contributed by atoms with E-state index in [0.717, 1.165) is 90.1 Å². The molecule has 0 aromatic heterocycles. The third-order valence-electron chi connectivity index (χ3n) is 6.95. The average Bonchev–Trinajstić information content (AvgIpc) is 2.84. The van der Waals surface area contributed by atoms with E-state index >= 15 is 0 Å². The summed E-state index contributed by atoms with van der Waals surface area (Å²) in [4.78, 5) is 49.6. The molecule has 0 spiro atoms. The maximum absolute atomic E-state index is 12.1. The summed E-state index contributed by atoms with van der Waals surface area (Å²) < 4.78 is 0. The molecule has 5 atom stereocenters. The standard InChI is InChI=1S/C14H26N2O2.C13H24N2O2/c1-4-6-11(2)15-14(18)12(3)16-8-5-7-13(9-16)10-17;1-3-5-11(2)14-13(17)9-15-7-4-6-12(8-15)10-16/h10-13H,4-9H2,1-3H3,(H,15,18);10-12H,3-9H2,1-2H3,(H,14,17). The summed E-state index contributed by atoms with van der Waals surface area (Å²) in [6, 6.07) is 0.350. The smallest absolute Gasteiger partial charge is 0.237 e. The second-order valence-corrected chi connectivity index (χ2v) is 10.4. The van der Waals surface area contributed by atoms with Crippen molar-refractivity contribution >= 4 is 24.4 Å². The van der Waals surface area contributed by atoms with Crippen LogP contribution in [-0.2, 0) is 19.2 Å². The van der Waals surface area contributed by atoms with E-state index in [1.165, 1.54) is 0 Å². The van der Waals surface area contributed by atoms with Crippen LogP contribution in [0.1, 0.15) is 86.0 Å². The van der Waals surface area contributed by atoms with Crippen LogP contribution >= 0.6 is 0 Å². The molecule has 0 radical (unpaired) electrons. The normalized spacial score (nSPS) is 23.7. The van der Waals surface area contributed by atoms with Crippen LogP contribution in [0.2, 0.25) is 0 Å². The molecule has 2 aliphatic heterocycles. The summed E-state index contributed by atoms with van der Waals surface area (Å²) in [7, 11) is 0. The fourth-order valence-corrected chi connectivity index (χ4v) is 4.91. The van der Waals surface area contributed by atoms with Gasteiger partial charge in [0.25, 0.3) is 0 Å². The van der Waals surface area contributed by atoms with Gasteiger partial charge < -0.3 is 20.2 Å². The lowest BCUT2D eigenvalue weighted by Gasteiger charge is -2.34. The number of amides is 2. The van der Waals surface area contributed by atoms with Gasteiger partial charge in [-0.2, -0.15) is 0 Å². The van der Waals surface area contributed by atoms with E-state index in [-0.39, 0.29) is 41.8 Å². The van der Waals surface area contributed by atoms with E-state index in [1.54, 1.807) is 0 Å². The predicted octanol–water partition coefficient (Wildman–Crippen LogP) is 2.79. The molecule has 202 valence electrons. The van der Waals surface area contributed by atoms with Crippen molar-refractivity contribution in [3.63, 3.8) is 0 Å². The maximum atomic E-state index is 12.1. The molecule has 2 saturated heterocycles. The lowest BCUT2D eigenvalue weighted by molar-refractivity contribution is -0.128. The van der Waals surface area contributed by atoms with Gasteiger partial charge in [-0.25, -0.2) is 0 Å². The number of carbonyl (C=O) groups excluding carboxylic acids is 4. The fraction of sp³-hybridized carbons (Fsp3) is 0.852. The predicted molar refractivity (Wildman–Crippen MR) is 140 cm³/mol. The molecule has 2 amide bonds. The summed E-state index contributed by atoms with van der Waals surface area (Å²) in [5.74, 6) is 0.381. The van der Waals surface area contributed by atoms with E-state index < -0.39 is 0 Å². The molecule has 8 nitrogen and oxygen atoms in total. The highest BCUT2D eigenvalue weighted by molar-refractivity contribution is 5.81. The van der Waals surface area contributed by atoms with Gasteiger partial charge in [0.1, 0.15) is 12.6 Å². The molecule has 2 aliphatic rings. The van der Waals surface area contributed by atoms with Gasteiger partial charge in [-0.3, -0.25) is 19.4 Å². The topological polar surface area (TPSA) is 98.8 Å². The first-order valence-corrected chi connectivity index (χ1v) is 13.7. The molecular weight excluding hydrogens is 444 g/mol. The molecule has 0 saturated carbocycles. The first-order chi connectivity index (χ1) is 16.7. The van der Waals surface area contributed by atoms with Gasteiger partial charge in [-0.05, 0) is 72.4 Å². The van der Waals surface area contributed by atoms with Crippen molar-refractivity contribution in [1.29, 1.82) is 0 Å². The SMILES string of the molecule is CCCC(C)NC(=O)C(C)N1CCCC(C=O)C1.CCCC(C)NC(=O)CN1CCCC(C=O)C1. The van der Waals surface area contributed by atoms with Crippen LogP contribution in [0.25, 0.3) is 0 Å². The Kier molecular flexibility index (Phi) is 15.7. The number of piperidine rings is 2. The summed E-state index contributed by atoms with van der Waals surface area (Å²) in [5.41, 5.74) is 0. The minimum atomic E-state index is -0.132. The van der Waals surface area contributed by atoms with E-state index in [4.69, 9.17) is 0 Å². The number of hydrogen-bond acceptors (Lipinski definition) is 6. The Morgan fingerprint density at radius 2 is 1.40 bits per heavy atom. The molecule has 0 aromatic carbocycles. The molecule has 35 heavy (non-hydrogen) atoms. The molecule has 2 rings (SSSR count). The van der Waals surface area contributed by atoms with Crippen LogP contribution in [-0.4, -0.2) is 85.0 Å². The molecule has 0 bridgehead atoms. The Morgan fingerprint density at radius 1 is 0.857 bits per heavy atom. The second kappa shape index (κ2) is 17.6. The highest BCUT2D eigenvalue weighted by atomic mass is 16.2. The van der Waals surface area contributed by atoms with Crippen molar-refractivity contribution in [3.05, 3.63) is 0 Å². The van der Waals surface area contributed by atoms with Crippen LogP contribution in [0.5, 0.6) is 0 Å². The third-order valence-corrected chi connectivity index (χ3v) is 6.95. The second-order valence-electron chi connectivity index (χ2n) is 10.4. The third kappa shape index (κ3) is 12.6. The van der Waals surface area contributed by atoms with Crippen LogP contribution in [0.15, 0.2) is 0 Å². The molecule has 2 heterocycles. The number of nitrogens with zero attached hydrogens (tertiary/aromatic N) is 2. The number of rotatable bonds is 12. The number of carbonyl (C=O) groups is 4. The number of nitrogens with one attached hydrogen (secondary N) is 2. The lowest BCUT2D eigenvalue weighted by atomic mass is 9.98. The maximum Gasteiger partial charge on any atom is 0.237 e. The van der Waals surface area contributed by atoms with E-state index in [9.17, 15) is 19.2 Å². The number of aldehydes is 2. The van der Waals surface area contributed by atoms with Crippen LogP contribution in [0, 0.1) is 11.8 Å². The molecule has 2 fully saturated rings. The van der Waals surface area contributed by atoms with Gasteiger partial charge in [-0.15, -0.1) is 0 Å². The summed E-state index contributed by atoms with van der Waals surface area (Å²) in [6.45, 7) is 14.0. The molecular formula is C27H50N4O4. The van der Waals surface area contributed by atoms with Crippen LogP contribution in [0.3, 0.4) is 0 Å². The van der Waals surface area contributed by atoms with Crippen LogP contribution in [0.4, 0.5) is 0 Å². The summed E-state index contributed by atoms with van der Waals surface area (Å²) >= 11 is 0. The van der Waals surface area contributed by atoms with E-state index in [1.807, 2.05) is 20.8 Å². The zero-order valence-electron chi connectivity index (χ0n) is 22.8. The molecule has 0 aliphatic carbocycles. The van der Waals surface area contributed by atoms with Crippen molar-refractivity contribution in [3.8, 4) is 0 Å². The summed E-state index contributed by atoms with van der Waals surface area (Å²) in [6.07, 6.45) is 10.2. The van der Waals surface area contributed by atoms with Crippen molar-refractivity contribution in [2.75, 3.05) is 32.7 Å². The van der Waals surface area contributed by atoms with Gasteiger partial charge in [0.15, 0.2) is 0 Å². The first-order valence-electron chi connectivity index (χ1n) is 13.7. The van der Waals surface area contributed by atoms with Crippen LogP contribution < -0.4 is 10.6 Å². The zero-order chi connectivity index (χ0) is 26.2. The highest BCUT2D eigenvalue weighted by Gasteiger charge is 2.27. The quantitative estimate of drug-likeness (QED) is 0.405. The average molecular weight is 495 g/mol.